The van der Waals surface area contributed by atoms with E-state index in [1.807, 2.05) is 20.8 Å². The molecule has 1 heterocycles. The van der Waals surface area contributed by atoms with Crippen LogP contribution in [0.4, 0.5) is 4.79 Å². The lowest BCUT2D eigenvalue weighted by Crippen LogP contribution is -2.34. The second-order valence-corrected chi connectivity index (χ2v) is 7.14. The van der Waals surface area contributed by atoms with Crippen molar-refractivity contribution in [1.29, 1.82) is 0 Å². The van der Waals surface area contributed by atoms with Gasteiger partial charge in [-0.15, -0.1) is 0 Å². The number of carbonyl (C=O) groups excluding carboxylic acids is 1. The fraction of sp³-hybridized carbons (Fsp3) is 0.765. The average molecular weight is 307 g/mol. The fourth-order valence-corrected chi connectivity index (χ4v) is 2.70. The van der Waals surface area contributed by atoms with E-state index in [-0.39, 0.29) is 6.09 Å². The van der Waals surface area contributed by atoms with Gasteiger partial charge in [-0.1, -0.05) is 6.92 Å². The Morgan fingerprint density at radius 2 is 2.09 bits per heavy atom. The third-order valence-corrected chi connectivity index (χ3v) is 3.86. The molecular weight excluding hydrogens is 278 g/mol. The van der Waals surface area contributed by atoms with Crippen LogP contribution >= 0.6 is 0 Å². The van der Waals surface area contributed by atoms with E-state index in [2.05, 4.69) is 23.7 Å². The number of aromatic nitrogens is 2. The molecule has 1 aromatic rings. The van der Waals surface area contributed by atoms with Gasteiger partial charge in [0.15, 0.2) is 0 Å². The molecule has 1 aliphatic carbocycles. The first-order chi connectivity index (χ1) is 10.3. The van der Waals surface area contributed by atoms with Crippen molar-refractivity contribution in [2.45, 2.75) is 72.4 Å². The maximum atomic E-state index is 11.7. The van der Waals surface area contributed by atoms with Gasteiger partial charge in [-0.2, -0.15) is 0 Å². The van der Waals surface area contributed by atoms with Gasteiger partial charge >= 0.3 is 6.09 Å². The molecular formula is C17H29N3O2. The predicted octanol–water partition coefficient (Wildman–Crippen LogP) is 3.23. The maximum absolute atomic E-state index is 11.7. The Labute approximate surface area is 133 Å². The first kappa shape index (κ1) is 16.8. The molecule has 22 heavy (non-hydrogen) atoms. The van der Waals surface area contributed by atoms with Crippen molar-refractivity contribution in [3.05, 3.63) is 17.2 Å². The Balaban J connectivity index is 1.94. The highest BCUT2D eigenvalue weighted by Crippen LogP contribution is 2.32. The molecule has 0 radical (unpaired) electrons. The minimum Gasteiger partial charge on any atom is -0.444 e. The van der Waals surface area contributed by atoms with Gasteiger partial charge in [0.1, 0.15) is 11.4 Å². The van der Waals surface area contributed by atoms with Gasteiger partial charge in [0.2, 0.25) is 0 Å². The summed E-state index contributed by atoms with van der Waals surface area (Å²) < 4.78 is 7.55. The normalized spacial score (nSPS) is 15.0. The zero-order valence-corrected chi connectivity index (χ0v) is 14.5. The minimum absolute atomic E-state index is 0.355. The molecule has 0 bridgehead atoms. The predicted molar refractivity (Wildman–Crippen MR) is 87.0 cm³/mol. The molecule has 0 spiro atoms. The number of hydrogen-bond acceptors (Lipinski definition) is 3. The zero-order valence-electron chi connectivity index (χ0n) is 14.5. The number of imidazole rings is 1. The Hall–Kier alpha value is -1.52. The van der Waals surface area contributed by atoms with Crippen molar-refractivity contribution in [3.8, 4) is 0 Å². The van der Waals surface area contributed by atoms with Crippen LogP contribution in [0.3, 0.4) is 0 Å². The number of ether oxygens (including phenoxy) is 1. The third-order valence-electron chi connectivity index (χ3n) is 3.86. The SMILES string of the molecule is CCc1c(C)nc(CC2CC2)n1CCNC(=O)OC(C)(C)C. The highest BCUT2D eigenvalue weighted by molar-refractivity contribution is 5.67. The summed E-state index contributed by atoms with van der Waals surface area (Å²) in [7, 11) is 0. The molecule has 124 valence electrons. The Bertz CT molecular complexity index is 525. The molecule has 2 rings (SSSR count). The third kappa shape index (κ3) is 4.75. The van der Waals surface area contributed by atoms with Crippen LogP contribution < -0.4 is 5.32 Å². The number of aryl methyl sites for hydroxylation is 1. The van der Waals surface area contributed by atoms with Gasteiger partial charge in [0.25, 0.3) is 0 Å². The fourth-order valence-electron chi connectivity index (χ4n) is 2.70. The molecule has 1 aliphatic rings. The summed E-state index contributed by atoms with van der Waals surface area (Å²) in [6.07, 6.45) is 4.32. The lowest BCUT2D eigenvalue weighted by molar-refractivity contribution is 0.0526. The summed E-state index contributed by atoms with van der Waals surface area (Å²) in [4.78, 5) is 16.5. The van der Waals surface area contributed by atoms with Crippen molar-refractivity contribution in [2.24, 2.45) is 5.92 Å². The van der Waals surface area contributed by atoms with E-state index in [0.717, 1.165) is 31.0 Å². The largest absolute Gasteiger partial charge is 0.444 e. The summed E-state index contributed by atoms with van der Waals surface area (Å²) in [6.45, 7) is 11.2. The molecule has 1 fully saturated rings. The van der Waals surface area contributed by atoms with E-state index in [4.69, 9.17) is 9.72 Å². The summed E-state index contributed by atoms with van der Waals surface area (Å²) in [6, 6.07) is 0. The van der Waals surface area contributed by atoms with Crippen LogP contribution in [-0.4, -0.2) is 27.8 Å². The molecule has 1 amide bonds. The highest BCUT2D eigenvalue weighted by Gasteiger charge is 2.25. The van der Waals surface area contributed by atoms with Crippen molar-refractivity contribution < 1.29 is 9.53 Å². The quantitative estimate of drug-likeness (QED) is 0.878. The average Bonchev–Trinajstić information content (AvgIpc) is 3.13. The summed E-state index contributed by atoms with van der Waals surface area (Å²) in [5.41, 5.74) is 1.94. The molecule has 0 saturated heterocycles. The van der Waals surface area contributed by atoms with Crippen molar-refractivity contribution in [1.82, 2.24) is 14.9 Å². The van der Waals surface area contributed by atoms with Crippen LogP contribution in [-0.2, 0) is 24.1 Å². The molecule has 5 heteroatoms. The van der Waals surface area contributed by atoms with Gasteiger partial charge < -0.3 is 14.6 Å². The molecule has 0 aromatic carbocycles. The molecule has 1 N–H and O–H groups in total. The summed E-state index contributed by atoms with van der Waals surface area (Å²) in [5, 5.41) is 2.83. The van der Waals surface area contributed by atoms with Crippen LogP contribution in [0.15, 0.2) is 0 Å². The topological polar surface area (TPSA) is 56.2 Å². The molecule has 0 aliphatic heterocycles. The Morgan fingerprint density at radius 3 is 2.64 bits per heavy atom. The second-order valence-electron chi connectivity index (χ2n) is 7.14. The highest BCUT2D eigenvalue weighted by atomic mass is 16.6. The molecule has 5 nitrogen and oxygen atoms in total. The van der Waals surface area contributed by atoms with E-state index >= 15 is 0 Å². The smallest absolute Gasteiger partial charge is 0.407 e. The minimum atomic E-state index is -0.457. The number of rotatable bonds is 6. The van der Waals surface area contributed by atoms with E-state index in [9.17, 15) is 4.79 Å². The number of amides is 1. The van der Waals surface area contributed by atoms with Crippen molar-refractivity contribution >= 4 is 6.09 Å². The lowest BCUT2D eigenvalue weighted by atomic mass is 10.2. The van der Waals surface area contributed by atoms with E-state index in [0.29, 0.717) is 6.54 Å². The summed E-state index contributed by atoms with van der Waals surface area (Å²) in [5.74, 6) is 1.98. The summed E-state index contributed by atoms with van der Waals surface area (Å²) >= 11 is 0. The van der Waals surface area contributed by atoms with E-state index in [1.165, 1.54) is 24.4 Å². The molecule has 0 unspecified atom stereocenters. The number of carbonyl (C=O) groups is 1. The maximum Gasteiger partial charge on any atom is 0.407 e. The molecule has 1 saturated carbocycles. The van der Waals surface area contributed by atoms with Gasteiger partial charge in [-0.05, 0) is 52.9 Å². The zero-order chi connectivity index (χ0) is 16.3. The van der Waals surface area contributed by atoms with E-state index < -0.39 is 5.60 Å². The van der Waals surface area contributed by atoms with Crippen LogP contribution in [0.25, 0.3) is 0 Å². The number of alkyl carbamates (subject to hydrolysis) is 1. The monoisotopic (exact) mass is 307 g/mol. The van der Waals surface area contributed by atoms with Crippen LogP contribution in [0, 0.1) is 12.8 Å². The van der Waals surface area contributed by atoms with Gasteiger partial charge in [0, 0.05) is 25.2 Å². The number of hydrogen-bond donors (Lipinski definition) is 1. The van der Waals surface area contributed by atoms with Gasteiger partial charge in [-0.3, -0.25) is 0 Å². The number of nitrogens with zero attached hydrogens (tertiary/aromatic N) is 2. The van der Waals surface area contributed by atoms with Crippen molar-refractivity contribution in [2.75, 3.05) is 6.54 Å². The molecule has 1 aromatic heterocycles. The van der Waals surface area contributed by atoms with Crippen molar-refractivity contribution in [3.63, 3.8) is 0 Å². The standard InChI is InChI=1S/C17H29N3O2/c1-6-14-12(2)19-15(11-13-7-8-13)20(14)10-9-18-16(21)22-17(3,4)5/h13H,6-11H2,1-5H3,(H,18,21). The van der Waals surface area contributed by atoms with Gasteiger partial charge in [-0.25, -0.2) is 9.78 Å². The first-order valence-corrected chi connectivity index (χ1v) is 8.32. The molecule has 0 atom stereocenters. The first-order valence-electron chi connectivity index (χ1n) is 8.32. The van der Waals surface area contributed by atoms with Crippen LogP contribution in [0.2, 0.25) is 0 Å². The Morgan fingerprint density at radius 1 is 1.41 bits per heavy atom. The Kier molecular flexibility index (Phi) is 5.14. The lowest BCUT2D eigenvalue weighted by Gasteiger charge is -2.20. The van der Waals surface area contributed by atoms with E-state index in [1.54, 1.807) is 0 Å². The number of nitrogens with one attached hydrogen (secondary N) is 1. The van der Waals surface area contributed by atoms with Crippen LogP contribution in [0.1, 0.15) is 57.7 Å². The second kappa shape index (κ2) is 6.71. The van der Waals surface area contributed by atoms with Gasteiger partial charge in [0.05, 0.1) is 5.69 Å². The van der Waals surface area contributed by atoms with Crippen LogP contribution in [0.5, 0.6) is 0 Å².